The summed E-state index contributed by atoms with van der Waals surface area (Å²) < 4.78 is 0. The van der Waals surface area contributed by atoms with Gasteiger partial charge in [-0.1, -0.05) is 29.8 Å². The molecule has 0 aromatic heterocycles. The lowest BCUT2D eigenvalue weighted by Gasteiger charge is -2.34. The van der Waals surface area contributed by atoms with Gasteiger partial charge in [-0.2, -0.15) is 0 Å². The summed E-state index contributed by atoms with van der Waals surface area (Å²) in [5.74, 6) is 0. The highest BCUT2D eigenvalue weighted by Crippen LogP contribution is 2.22. The molecular formula is C23H30N4O. The van der Waals surface area contributed by atoms with E-state index in [1.165, 1.54) is 29.7 Å². The third-order valence-corrected chi connectivity index (χ3v) is 5.78. The molecule has 0 unspecified atom stereocenters. The van der Waals surface area contributed by atoms with Crippen molar-refractivity contribution < 1.29 is 4.79 Å². The van der Waals surface area contributed by atoms with Crippen LogP contribution in [0.1, 0.15) is 24.0 Å². The molecule has 0 bridgehead atoms. The molecular weight excluding hydrogens is 348 g/mol. The summed E-state index contributed by atoms with van der Waals surface area (Å²) in [5, 5.41) is 3.05. The average molecular weight is 379 g/mol. The normalized spacial score (nSPS) is 17.8. The molecule has 2 fully saturated rings. The van der Waals surface area contributed by atoms with Crippen LogP contribution in [0.4, 0.5) is 16.2 Å². The van der Waals surface area contributed by atoms with Crippen molar-refractivity contribution in [3.63, 3.8) is 0 Å². The number of rotatable bonds is 4. The number of nitrogens with zero attached hydrogens (tertiary/aromatic N) is 3. The van der Waals surface area contributed by atoms with Crippen LogP contribution < -0.4 is 10.2 Å². The van der Waals surface area contributed by atoms with Crippen molar-refractivity contribution in [3.8, 4) is 0 Å². The Labute approximate surface area is 167 Å². The Morgan fingerprint density at radius 3 is 2.14 bits per heavy atom. The Kier molecular flexibility index (Phi) is 5.81. The van der Waals surface area contributed by atoms with Crippen molar-refractivity contribution in [2.45, 2.75) is 26.3 Å². The smallest absolute Gasteiger partial charge is 0.321 e. The highest BCUT2D eigenvalue weighted by atomic mass is 16.2. The van der Waals surface area contributed by atoms with Gasteiger partial charge >= 0.3 is 6.03 Å². The molecule has 5 nitrogen and oxygen atoms in total. The number of carbonyl (C=O) groups excluding carboxylic acids is 1. The Hall–Kier alpha value is -2.53. The van der Waals surface area contributed by atoms with Gasteiger partial charge in [-0.05, 0) is 49.6 Å². The van der Waals surface area contributed by atoms with Gasteiger partial charge in [0.2, 0.25) is 0 Å². The molecule has 0 spiro atoms. The molecule has 0 aliphatic carbocycles. The van der Waals surface area contributed by atoms with Crippen LogP contribution in [0.3, 0.4) is 0 Å². The van der Waals surface area contributed by atoms with E-state index >= 15 is 0 Å². The van der Waals surface area contributed by atoms with E-state index < -0.39 is 0 Å². The summed E-state index contributed by atoms with van der Waals surface area (Å²) in [7, 11) is 0. The predicted octanol–water partition coefficient (Wildman–Crippen LogP) is 3.94. The number of aryl methyl sites for hydroxylation is 1. The van der Waals surface area contributed by atoms with Crippen molar-refractivity contribution in [2.75, 3.05) is 49.5 Å². The fourth-order valence-corrected chi connectivity index (χ4v) is 3.99. The van der Waals surface area contributed by atoms with Crippen LogP contribution in [0.25, 0.3) is 0 Å². The zero-order chi connectivity index (χ0) is 19.3. The van der Waals surface area contributed by atoms with Crippen LogP contribution in [0.2, 0.25) is 0 Å². The van der Waals surface area contributed by atoms with E-state index in [0.29, 0.717) is 0 Å². The lowest BCUT2D eigenvalue weighted by Crippen LogP contribution is -2.49. The molecule has 2 aliphatic heterocycles. The number of hydrogen-bond donors (Lipinski definition) is 1. The number of anilines is 2. The number of benzene rings is 2. The fourth-order valence-electron chi connectivity index (χ4n) is 3.99. The zero-order valence-electron chi connectivity index (χ0n) is 16.7. The van der Waals surface area contributed by atoms with Crippen LogP contribution >= 0.6 is 0 Å². The highest BCUT2D eigenvalue weighted by molar-refractivity contribution is 5.89. The minimum Gasteiger partial charge on any atom is -0.372 e. The zero-order valence-corrected chi connectivity index (χ0v) is 16.7. The Balaban J connectivity index is 1.25. The SMILES string of the molecule is Cc1ccc(CN2CCN(C(=O)Nc3ccc(N4CCCC4)cc3)CC2)cc1. The molecule has 2 aromatic carbocycles. The molecule has 2 aliphatic rings. The molecule has 0 saturated carbocycles. The first-order chi connectivity index (χ1) is 13.7. The minimum absolute atomic E-state index is 0.00362. The highest BCUT2D eigenvalue weighted by Gasteiger charge is 2.21. The largest absolute Gasteiger partial charge is 0.372 e. The van der Waals surface area contributed by atoms with E-state index in [2.05, 4.69) is 58.4 Å². The summed E-state index contributed by atoms with van der Waals surface area (Å²) in [5.41, 5.74) is 4.75. The molecule has 148 valence electrons. The van der Waals surface area contributed by atoms with Crippen LogP contribution in [-0.2, 0) is 6.54 Å². The lowest BCUT2D eigenvalue weighted by atomic mass is 10.1. The van der Waals surface area contributed by atoms with Crippen LogP contribution in [0.5, 0.6) is 0 Å². The predicted molar refractivity (Wildman–Crippen MR) is 115 cm³/mol. The van der Waals surface area contributed by atoms with Gasteiger partial charge in [0, 0.05) is 57.2 Å². The molecule has 2 aromatic rings. The molecule has 28 heavy (non-hydrogen) atoms. The second kappa shape index (κ2) is 8.65. The molecule has 4 rings (SSSR count). The van der Waals surface area contributed by atoms with Crippen LogP contribution in [0, 0.1) is 6.92 Å². The van der Waals surface area contributed by atoms with Crippen molar-refractivity contribution in [1.82, 2.24) is 9.80 Å². The van der Waals surface area contributed by atoms with Gasteiger partial charge in [-0.15, -0.1) is 0 Å². The van der Waals surface area contributed by atoms with E-state index in [1.54, 1.807) is 0 Å². The second-order valence-corrected chi connectivity index (χ2v) is 7.92. The number of amides is 2. The standard InChI is InChI=1S/C23H30N4O/c1-19-4-6-20(7-5-19)18-25-14-16-27(17-15-25)23(28)24-21-8-10-22(11-9-21)26-12-2-3-13-26/h4-11H,2-3,12-18H2,1H3,(H,24,28). The first-order valence-corrected chi connectivity index (χ1v) is 10.4. The van der Waals surface area contributed by atoms with Gasteiger partial charge in [0.15, 0.2) is 0 Å². The molecule has 2 heterocycles. The van der Waals surface area contributed by atoms with Crippen molar-refractivity contribution >= 4 is 17.4 Å². The Bertz CT molecular complexity index is 773. The first-order valence-electron chi connectivity index (χ1n) is 10.4. The minimum atomic E-state index is 0.00362. The molecule has 0 atom stereocenters. The van der Waals surface area contributed by atoms with Crippen molar-refractivity contribution in [3.05, 3.63) is 59.7 Å². The Morgan fingerprint density at radius 1 is 0.857 bits per heavy atom. The number of carbonyl (C=O) groups is 1. The number of nitrogens with one attached hydrogen (secondary N) is 1. The van der Waals surface area contributed by atoms with Crippen LogP contribution in [0.15, 0.2) is 48.5 Å². The summed E-state index contributed by atoms with van der Waals surface area (Å²) in [6.45, 7) is 8.70. The molecule has 5 heteroatoms. The lowest BCUT2D eigenvalue weighted by molar-refractivity contribution is 0.143. The van der Waals surface area contributed by atoms with Crippen molar-refractivity contribution in [2.24, 2.45) is 0 Å². The summed E-state index contributed by atoms with van der Waals surface area (Å²) >= 11 is 0. The topological polar surface area (TPSA) is 38.8 Å². The van der Waals surface area contributed by atoms with E-state index in [0.717, 1.165) is 51.5 Å². The van der Waals surface area contributed by atoms with Gasteiger partial charge in [0.05, 0.1) is 0 Å². The number of hydrogen-bond acceptors (Lipinski definition) is 3. The van der Waals surface area contributed by atoms with Crippen molar-refractivity contribution in [1.29, 1.82) is 0 Å². The van der Waals surface area contributed by atoms with Gasteiger partial charge in [0.1, 0.15) is 0 Å². The molecule has 2 amide bonds. The van der Waals surface area contributed by atoms with E-state index in [9.17, 15) is 4.79 Å². The first kappa shape index (κ1) is 18.8. The maximum absolute atomic E-state index is 12.6. The van der Waals surface area contributed by atoms with E-state index in [4.69, 9.17) is 0 Å². The summed E-state index contributed by atoms with van der Waals surface area (Å²) in [4.78, 5) is 19.3. The van der Waals surface area contributed by atoms with E-state index in [-0.39, 0.29) is 6.03 Å². The third kappa shape index (κ3) is 4.65. The Morgan fingerprint density at radius 2 is 1.50 bits per heavy atom. The summed E-state index contributed by atoms with van der Waals surface area (Å²) in [6.07, 6.45) is 2.54. The quantitative estimate of drug-likeness (QED) is 0.876. The second-order valence-electron chi connectivity index (χ2n) is 7.92. The number of urea groups is 1. The molecule has 2 saturated heterocycles. The monoisotopic (exact) mass is 378 g/mol. The third-order valence-electron chi connectivity index (χ3n) is 5.78. The maximum Gasteiger partial charge on any atom is 0.321 e. The molecule has 0 radical (unpaired) electrons. The average Bonchev–Trinajstić information content (AvgIpc) is 3.26. The fraction of sp³-hybridized carbons (Fsp3) is 0.435. The molecule has 1 N–H and O–H groups in total. The van der Waals surface area contributed by atoms with Gasteiger partial charge in [-0.25, -0.2) is 4.79 Å². The van der Waals surface area contributed by atoms with E-state index in [1.807, 2.05) is 17.0 Å². The summed E-state index contributed by atoms with van der Waals surface area (Å²) in [6, 6.07) is 17.0. The van der Waals surface area contributed by atoms with Gasteiger partial charge in [0.25, 0.3) is 0 Å². The van der Waals surface area contributed by atoms with Gasteiger partial charge < -0.3 is 15.1 Å². The number of piperazine rings is 1. The van der Waals surface area contributed by atoms with Crippen LogP contribution in [-0.4, -0.2) is 55.1 Å². The maximum atomic E-state index is 12.6. The van der Waals surface area contributed by atoms with Gasteiger partial charge in [-0.3, -0.25) is 4.90 Å².